The fourth-order valence-corrected chi connectivity index (χ4v) is 3.93. The quantitative estimate of drug-likeness (QED) is 0.598. The molecule has 1 rings (SSSR count). The van der Waals surface area contributed by atoms with Gasteiger partial charge in [0.15, 0.2) is 0 Å². The third-order valence-corrected chi connectivity index (χ3v) is 5.14. The Morgan fingerprint density at radius 3 is 2.20 bits per heavy atom. The van der Waals surface area contributed by atoms with Gasteiger partial charge in [-0.05, 0) is 51.7 Å². The van der Waals surface area contributed by atoms with Gasteiger partial charge in [-0.15, -0.1) is 0 Å². The predicted molar refractivity (Wildman–Crippen MR) is 90.2 cm³/mol. The Morgan fingerprint density at radius 1 is 1.15 bits per heavy atom. The van der Waals surface area contributed by atoms with Crippen LogP contribution in [0.2, 0.25) is 0 Å². The second-order valence-corrected chi connectivity index (χ2v) is 6.30. The number of hydrogen-bond acceptors (Lipinski definition) is 2. The van der Waals surface area contributed by atoms with Crippen LogP contribution in [-0.2, 0) is 0 Å². The standard InChI is InChI=1S/C18H36N2/c1-6-14-19-17(15-16(5)7-2)18(12-10-11-13-18)20(8-3)9-4/h17,19H,5-15H2,1-4H3. The van der Waals surface area contributed by atoms with Gasteiger partial charge in [0.05, 0.1) is 0 Å². The average molecular weight is 280 g/mol. The van der Waals surface area contributed by atoms with Crippen molar-refractivity contribution in [3.8, 4) is 0 Å². The van der Waals surface area contributed by atoms with E-state index < -0.39 is 0 Å². The Hall–Kier alpha value is -0.340. The van der Waals surface area contributed by atoms with Crippen LogP contribution in [0.3, 0.4) is 0 Å². The van der Waals surface area contributed by atoms with E-state index in [1.54, 1.807) is 0 Å². The van der Waals surface area contributed by atoms with Crippen LogP contribution in [0, 0.1) is 0 Å². The zero-order valence-corrected chi connectivity index (χ0v) is 14.3. The Balaban J connectivity index is 2.93. The van der Waals surface area contributed by atoms with Crippen LogP contribution in [0.15, 0.2) is 12.2 Å². The minimum atomic E-state index is 0.372. The molecule has 1 fully saturated rings. The van der Waals surface area contributed by atoms with Gasteiger partial charge in [-0.3, -0.25) is 4.90 Å². The second-order valence-electron chi connectivity index (χ2n) is 6.30. The van der Waals surface area contributed by atoms with Crippen LogP contribution in [0.25, 0.3) is 0 Å². The largest absolute Gasteiger partial charge is 0.312 e. The van der Waals surface area contributed by atoms with Crippen molar-refractivity contribution in [3.63, 3.8) is 0 Å². The molecule has 1 atom stereocenters. The topological polar surface area (TPSA) is 15.3 Å². The maximum Gasteiger partial charge on any atom is 0.0365 e. The van der Waals surface area contributed by atoms with Crippen LogP contribution < -0.4 is 5.32 Å². The SMILES string of the molecule is C=C(CC)CC(NCCC)C1(N(CC)CC)CCCC1. The van der Waals surface area contributed by atoms with Crippen molar-refractivity contribution >= 4 is 0 Å². The lowest BCUT2D eigenvalue weighted by Crippen LogP contribution is -2.60. The molecule has 1 aliphatic carbocycles. The predicted octanol–water partition coefficient (Wildman–Crippen LogP) is 4.37. The lowest BCUT2D eigenvalue weighted by Gasteiger charge is -2.47. The molecule has 1 aliphatic rings. The van der Waals surface area contributed by atoms with E-state index in [0.29, 0.717) is 11.6 Å². The van der Waals surface area contributed by atoms with Crippen molar-refractivity contribution in [2.75, 3.05) is 19.6 Å². The summed E-state index contributed by atoms with van der Waals surface area (Å²) >= 11 is 0. The molecule has 0 saturated heterocycles. The zero-order valence-electron chi connectivity index (χ0n) is 14.3. The Morgan fingerprint density at radius 2 is 1.75 bits per heavy atom. The molecule has 2 heteroatoms. The molecular weight excluding hydrogens is 244 g/mol. The fraction of sp³-hybridized carbons (Fsp3) is 0.889. The van der Waals surface area contributed by atoms with E-state index in [-0.39, 0.29) is 0 Å². The number of rotatable bonds is 10. The van der Waals surface area contributed by atoms with Crippen molar-refractivity contribution in [1.82, 2.24) is 10.2 Å². The minimum Gasteiger partial charge on any atom is -0.312 e. The first-order valence-electron chi connectivity index (χ1n) is 8.79. The van der Waals surface area contributed by atoms with E-state index in [9.17, 15) is 0 Å². The number of hydrogen-bond donors (Lipinski definition) is 1. The summed E-state index contributed by atoms with van der Waals surface area (Å²) in [6.45, 7) is 16.9. The summed E-state index contributed by atoms with van der Waals surface area (Å²) in [4.78, 5) is 2.72. The third kappa shape index (κ3) is 4.08. The summed E-state index contributed by atoms with van der Waals surface area (Å²) in [6, 6.07) is 0.581. The van der Waals surface area contributed by atoms with Crippen LogP contribution in [0.5, 0.6) is 0 Å². The van der Waals surface area contributed by atoms with Crippen LogP contribution in [0.4, 0.5) is 0 Å². The normalized spacial score (nSPS) is 19.4. The van der Waals surface area contributed by atoms with Gasteiger partial charge in [-0.2, -0.15) is 0 Å². The summed E-state index contributed by atoms with van der Waals surface area (Å²) < 4.78 is 0. The summed E-state index contributed by atoms with van der Waals surface area (Å²) in [5.41, 5.74) is 1.77. The Bertz CT molecular complexity index is 275. The van der Waals surface area contributed by atoms with Crippen molar-refractivity contribution in [3.05, 3.63) is 12.2 Å². The maximum absolute atomic E-state index is 4.28. The molecule has 0 aromatic rings. The molecule has 0 bridgehead atoms. The van der Waals surface area contributed by atoms with E-state index in [1.165, 1.54) is 50.8 Å². The second kappa shape index (κ2) is 8.84. The van der Waals surface area contributed by atoms with Crippen molar-refractivity contribution in [1.29, 1.82) is 0 Å². The molecule has 0 aliphatic heterocycles. The summed E-state index contributed by atoms with van der Waals surface area (Å²) in [7, 11) is 0. The number of likely N-dealkylation sites (N-methyl/N-ethyl adjacent to an activating group) is 1. The molecule has 118 valence electrons. The highest BCUT2D eigenvalue weighted by Gasteiger charge is 2.44. The maximum atomic E-state index is 4.28. The highest BCUT2D eigenvalue weighted by Crippen LogP contribution is 2.40. The van der Waals surface area contributed by atoms with Crippen molar-refractivity contribution in [2.45, 2.75) is 84.2 Å². The molecule has 0 aromatic carbocycles. The fourth-order valence-electron chi connectivity index (χ4n) is 3.93. The molecule has 2 nitrogen and oxygen atoms in total. The van der Waals surface area contributed by atoms with Gasteiger partial charge in [-0.25, -0.2) is 0 Å². The first-order chi connectivity index (χ1) is 9.64. The molecule has 1 unspecified atom stereocenters. The highest BCUT2D eigenvalue weighted by atomic mass is 15.2. The van der Waals surface area contributed by atoms with E-state index in [4.69, 9.17) is 0 Å². The van der Waals surface area contributed by atoms with Gasteiger partial charge < -0.3 is 5.32 Å². The first kappa shape index (κ1) is 17.7. The van der Waals surface area contributed by atoms with Gasteiger partial charge in [0.1, 0.15) is 0 Å². The Kier molecular flexibility index (Phi) is 7.83. The summed E-state index contributed by atoms with van der Waals surface area (Å²) in [5.74, 6) is 0. The molecule has 0 aromatic heterocycles. The molecule has 20 heavy (non-hydrogen) atoms. The number of nitrogens with zero attached hydrogens (tertiary/aromatic N) is 1. The van der Waals surface area contributed by atoms with Crippen molar-refractivity contribution in [2.24, 2.45) is 0 Å². The average Bonchev–Trinajstić information content (AvgIpc) is 2.95. The van der Waals surface area contributed by atoms with Crippen LogP contribution in [-0.4, -0.2) is 36.1 Å². The van der Waals surface area contributed by atoms with Gasteiger partial charge in [-0.1, -0.05) is 52.7 Å². The monoisotopic (exact) mass is 280 g/mol. The molecule has 0 radical (unpaired) electrons. The van der Waals surface area contributed by atoms with Gasteiger partial charge in [0.25, 0.3) is 0 Å². The molecule has 0 heterocycles. The van der Waals surface area contributed by atoms with Crippen LogP contribution >= 0.6 is 0 Å². The minimum absolute atomic E-state index is 0.372. The van der Waals surface area contributed by atoms with Crippen molar-refractivity contribution < 1.29 is 0 Å². The molecule has 0 amide bonds. The lowest BCUT2D eigenvalue weighted by molar-refractivity contribution is 0.0628. The van der Waals surface area contributed by atoms with Gasteiger partial charge >= 0.3 is 0 Å². The number of nitrogens with one attached hydrogen (secondary N) is 1. The lowest BCUT2D eigenvalue weighted by atomic mass is 9.82. The van der Waals surface area contributed by atoms with E-state index in [1.807, 2.05) is 0 Å². The van der Waals surface area contributed by atoms with Crippen LogP contribution in [0.1, 0.15) is 72.6 Å². The summed E-state index contributed by atoms with van der Waals surface area (Å²) in [6.07, 6.45) is 8.95. The summed E-state index contributed by atoms with van der Waals surface area (Å²) in [5, 5.41) is 3.86. The molecule has 1 N–H and O–H groups in total. The van der Waals surface area contributed by atoms with E-state index >= 15 is 0 Å². The molecular formula is C18H36N2. The smallest absolute Gasteiger partial charge is 0.0365 e. The molecule has 0 spiro atoms. The Labute approximate surface area is 127 Å². The van der Waals surface area contributed by atoms with E-state index in [2.05, 4.69) is 44.5 Å². The third-order valence-electron chi connectivity index (χ3n) is 5.14. The zero-order chi connectivity index (χ0) is 15.0. The first-order valence-corrected chi connectivity index (χ1v) is 8.79. The van der Waals surface area contributed by atoms with Gasteiger partial charge in [0.2, 0.25) is 0 Å². The highest BCUT2D eigenvalue weighted by molar-refractivity contribution is 5.09. The molecule has 1 saturated carbocycles. The van der Waals surface area contributed by atoms with Gasteiger partial charge in [0, 0.05) is 11.6 Å². The van der Waals surface area contributed by atoms with E-state index in [0.717, 1.165) is 19.4 Å².